The Bertz CT molecular complexity index is 1160. The van der Waals surface area contributed by atoms with Gasteiger partial charge in [-0.2, -0.15) is 4.52 Å². The number of carbonyl (C=O) groups excluding carboxylic acids is 1. The van der Waals surface area contributed by atoms with E-state index in [4.69, 9.17) is 9.52 Å². The van der Waals surface area contributed by atoms with E-state index < -0.39 is 5.91 Å². The Balaban J connectivity index is 1.59. The second kappa shape index (κ2) is 7.32. The summed E-state index contributed by atoms with van der Waals surface area (Å²) in [6, 6.07) is 9.35. The quantitative estimate of drug-likeness (QED) is 0.538. The van der Waals surface area contributed by atoms with Crippen LogP contribution in [-0.4, -0.2) is 33.6 Å². The number of aromatic nitrogens is 3. The fourth-order valence-electron chi connectivity index (χ4n) is 3.48. The Kier molecular flexibility index (Phi) is 4.51. The third-order valence-corrected chi connectivity index (χ3v) is 5.86. The SMILES string of the molecule is O=C(Nc1c(-c2cccc(F)c2)nc2sc(N3CCCCC3)nn12)c1ccco1. The van der Waals surface area contributed by atoms with Crippen LogP contribution >= 0.6 is 11.3 Å². The van der Waals surface area contributed by atoms with Crippen LogP contribution in [0, 0.1) is 5.82 Å². The number of rotatable bonds is 4. The van der Waals surface area contributed by atoms with E-state index in [1.807, 2.05) is 0 Å². The summed E-state index contributed by atoms with van der Waals surface area (Å²) in [4.78, 5) is 20.2. The zero-order chi connectivity index (χ0) is 19.8. The third-order valence-electron chi connectivity index (χ3n) is 4.89. The lowest BCUT2D eigenvalue weighted by Gasteiger charge is -2.25. The number of halogens is 1. The van der Waals surface area contributed by atoms with Gasteiger partial charge in [-0.25, -0.2) is 9.37 Å². The Hall–Kier alpha value is -3.20. The van der Waals surface area contributed by atoms with Crippen molar-refractivity contribution >= 4 is 33.2 Å². The summed E-state index contributed by atoms with van der Waals surface area (Å²) in [5.41, 5.74) is 1.03. The summed E-state index contributed by atoms with van der Waals surface area (Å²) in [5, 5.41) is 8.41. The van der Waals surface area contributed by atoms with Crippen LogP contribution in [0.4, 0.5) is 15.3 Å². The molecule has 9 heteroatoms. The maximum absolute atomic E-state index is 13.8. The van der Waals surface area contributed by atoms with E-state index in [1.54, 1.807) is 28.8 Å². The molecule has 4 aromatic rings. The van der Waals surface area contributed by atoms with Crippen molar-refractivity contribution in [1.29, 1.82) is 0 Å². The number of nitrogens with zero attached hydrogens (tertiary/aromatic N) is 4. The molecule has 0 atom stereocenters. The molecule has 1 aromatic carbocycles. The average molecular weight is 411 g/mol. The highest BCUT2D eigenvalue weighted by Gasteiger charge is 2.23. The number of hydrogen-bond donors (Lipinski definition) is 1. The van der Waals surface area contributed by atoms with Crippen LogP contribution in [0.3, 0.4) is 0 Å². The monoisotopic (exact) mass is 411 g/mol. The van der Waals surface area contributed by atoms with Crippen molar-refractivity contribution in [1.82, 2.24) is 14.6 Å². The summed E-state index contributed by atoms with van der Waals surface area (Å²) >= 11 is 1.46. The summed E-state index contributed by atoms with van der Waals surface area (Å²) in [6.45, 7) is 1.92. The number of piperidine rings is 1. The highest BCUT2D eigenvalue weighted by Crippen LogP contribution is 2.34. The average Bonchev–Trinajstić information content (AvgIpc) is 3.46. The van der Waals surface area contributed by atoms with E-state index in [2.05, 4.69) is 15.2 Å². The molecule has 0 unspecified atom stereocenters. The molecule has 3 aromatic heterocycles. The molecule has 7 nitrogen and oxygen atoms in total. The van der Waals surface area contributed by atoms with Gasteiger partial charge in [-0.15, -0.1) is 5.10 Å². The van der Waals surface area contributed by atoms with E-state index >= 15 is 0 Å². The number of amides is 1. The number of benzene rings is 1. The predicted octanol–water partition coefficient (Wildman–Crippen LogP) is 4.43. The number of fused-ring (bicyclic) bond motifs is 1. The molecule has 1 N–H and O–H groups in total. The zero-order valence-corrected chi connectivity index (χ0v) is 16.3. The minimum Gasteiger partial charge on any atom is -0.459 e. The van der Waals surface area contributed by atoms with Crippen molar-refractivity contribution in [3.63, 3.8) is 0 Å². The molecule has 5 rings (SSSR count). The third kappa shape index (κ3) is 3.38. The van der Waals surface area contributed by atoms with Crippen molar-refractivity contribution in [2.24, 2.45) is 0 Å². The van der Waals surface area contributed by atoms with Crippen LogP contribution in [0.2, 0.25) is 0 Å². The molecule has 1 aliphatic heterocycles. The van der Waals surface area contributed by atoms with Gasteiger partial charge in [0.25, 0.3) is 5.91 Å². The van der Waals surface area contributed by atoms with E-state index in [0.717, 1.165) is 31.1 Å². The first-order chi connectivity index (χ1) is 14.2. The zero-order valence-electron chi connectivity index (χ0n) is 15.5. The lowest BCUT2D eigenvalue weighted by Crippen LogP contribution is -2.29. The molecular formula is C20H18FN5O2S. The van der Waals surface area contributed by atoms with Gasteiger partial charge in [-0.3, -0.25) is 4.79 Å². The first kappa shape index (κ1) is 17.9. The maximum Gasteiger partial charge on any atom is 0.292 e. The van der Waals surface area contributed by atoms with Gasteiger partial charge in [0.15, 0.2) is 11.6 Å². The van der Waals surface area contributed by atoms with Crippen LogP contribution in [0.15, 0.2) is 47.1 Å². The molecule has 1 aliphatic rings. The lowest BCUT2D eigenvalue weighted by molar-refractivity contribution is 0.0996. The topological polar surface area (TPSA) is 75.7 Å². The largest absolute Gasteiger partial charge is 0.459 e. The van der Waals surface area contributed by atoms with Crippen LogP contribution < -0.4 is 10.2 Å². The number of imidazole rings is 1. The van der Waals surface area contributed by atoms with Crippen molar-refractivity contribution in [3.8, 4) is 11.3 Å². The minimum absolute atomic E-state index is 0.177. The summed E-state index contributed by atoms with van der Waals surface area (Å²) in [7, 11) is 0. The van der Waals surface area contributed by atoms with Crippen LogP contribution in [-0.2, 0) is 0 Å². The molecule has 1 saturated heterocycles. The predicted molar refractivity (Wildman–Crippen MR) is 109 cm³/mol. The van der Waals surface area contributed by atoms with E-state index in [1.165, 1.54) is 36.2 Å². The molecule has 1 fully saturated rings. The molecule has 0 saturated carbocycles. The van der Waals surface area contributed by atoms with Gasteiger partial charge < -0.3 is 14.6 Å². The first-order valence-electron chi connectivity index (χ1n) is 9.44. The normalized spacial score (nSPS) is 14.4. The van der Waals surface area contributed by atoms with Crippen LogP contribution in [0.5, 0.6) is 0 Å². The fourth-order valence-corrected chi connectivity index (χ4v) is 4.43. The second-order valence-corrected chi connectivity index (χ2v) is 7.81. The fraction of sp³-hybridized carbons (Fsp3) is 0.250. The second-order valence-electron chi connectivity index (χ2n) is 6.88. The van der Waals surface area contributed by atoms with Gasteiger partial charge in [-0.05, 0) is 43.5 Å². The van der Waals surface area contributed by atoms with E-state index in [-0.39, 0.29) is 11.6 Å². The van der Waals surface area contributed by atoms with Crippen molar-refractivity contribution in [3.05, 3.63) is 54.2 Å². The standard InChI is InChI=1S/C20H18FN5O2S/c21-14-7-4-6-13(12-14)16-17(23-18(27)15-8-5-11-28-15)26-19(22-16)29-20(24-26)25-9-2-1-3-10-25/h4-8,11-12H,1-3,9-10H2,(H,23,27). The Morgan fingerprint density at radius 1 is 1.17 bits per heavy atom. The highest BCUT2D eigenvalue weighted by atomic mass is 32.1. The molecule has 0 spiro atoms. The summed E-state index contributed by atoms with van der Waals surface area (Å²) in [6.07, 6.45) is 4.94. The minimum atomic E-state index is -0.415. The smallest absolute Gasteiger partial charge is 0.292 e. The molecule has 1 amide bonds. The van der Waals surface area contributed by atoms with Crippen molar-refractivity contribution in [2.45, 2.75) is 19.3 Å². The molecule has 0 aliphatic carbocycles. The Morgan fingerprint density at radius 3 is 2.79 bits per heavy atom. The van der Waals surface area contributed by atoms with Gasteiger partial charge in [0, 0.05) is 18.7 Å². The van der Waals surface area contributed by atoms with Crippen LogP contribution in [0.25, 0.3) is 16.2 Å². The summed E-state index contributed by atoms with van der Waals surface area (Å²) in [5.74, 6) is -0.214. The molecular weight excluding hydrogens is 393 g/mol. The highest BCUT2D eigenvalue weighted by molar-refractivity contribution is 7.20. The number of anilines is 2. The van der Waals surface area contributed by atoms with Gasteiger partial charge in [-0.1, -0.05) is 23.5 Å². The molecule has 148 valence electrons. The number of hydrogen-bond acceptors (Lipinski definition) is 6. The molecule has 29 heavy (non-hydrogen) atoms. The van der Waals surface area contributed by atoms with Gasteiger partial charge in [0.2, 0.25) is 10.1 Å². The van der Waals surface area contributed by atoms with Crippen molar-refractivity contribution in [2.75, 3.05) is 23.3 Å². The Morgan fingerprint density at radius 2 is 2.03 bits per heavy atom. The first-order valence-corrected chi connectivity index (χ1v) is 10.3. The molecule has 0 bridgehead atoms. The lowest BCUT2D eigenvalue weighted by atomic mass is 10.1. The maximum atomic E-state index is 13.8. The number of nitrogens with one attached hydrogen (secondary N) is 1. The van der Waals surface area contributed by atoms with E-state index in [9.17, 15) is 9.18 Å². The molecule has 0 radical (unpaired) electrons. The number of furan rings is 1. The van der Waals surface area contributed by atoms with Gasteiger partial charge in [0.1, 0.15) is 11.5 Å². The van der Waals surface area contributed by atoms with Crippen molar-refractivity contribution < 1.29 is 13.6 Å². The Labute approximate surface area is 169 Å². The van der Waals surface area contributed by atoms with Gasteiger partial charge >= 0.3 is 0 Å². The van der Waals surface area contributed by atoms with Gasteiger partial charge in [0.05, 0.1) is 6.26 Å². The number of carbonyl (C=O) groups is 1. The van der Waals surface area contributed by atoms with Crippen LogP contribution in [0.1, 0.15) is 29.8 Å². The molecule has 4 heterocycles. The summed E-state index contributed by atoms with van der Waals surface area (Å²) < 4.78 is 20.6. The van der Waals surface area contributed by atoms with E-state index in [0.29, 0.717) is 22.0 Å².